The van der Waals surface area contributed by atoms with Crippen LogP contribution in [0.1, 0.15) is 36.9 Å². The molecular formula is C18H24N2O2. The van der Waals surface area contributed by atoms with Crippen LogP contribution in [0, 0.1) is 0 Å². The van der Waals surface area contributed by atoms with Gasteiger partial charge in [-0.2, -0.15) is 0 Å². The van der Waals surface area contributed by atoms with E-state index in [-0.39, 0.29) is 11.9 Å². The number of aromatic amines is 1. The number of H-pyrrole nitrogens is 1. The van der Waals surface area contributed by atoms with Gasteiger partial charge in [0.05, 0.1) is 13.0 Å². The van der Waals surface area contributed by atoms with Crippen molar-refractivity contribution < 1.29 is 9.53 Å². The molecule has 4 heteroatoms. The van der Waals surface area contributed by atoms with Gasteiger partial charge in [0, 0.05) is 23.1 Å². The summed E-state index contributed by atoms with van der Waals surface area (Å²) in [5.41, 5.74) is 3.46. The number of methoxy groups -OCH3 is 1. The van der Waals surface area contributed by atoms with Gasteiger partial charge in [0.1, 0.15) is 0 Å². The molecule has 0 saturated heterocycles. The smallest absolute Gasteiger partial charge is 0.314 e. The Hall–Kier alpha value is -1.81. The molecule has 0 radical (unpaired) electrons. The van der Waals surface area contributed by atoms with E-state index in [1.165, 1.54) is 18.1 Å². The van der Waals surface area contributed by atoms with Gasteiger partial charge in [0.15, 0.2) is 0 Å². The molecule has 0 spiro atoms. The van der Waals surface area contributed by atoms with Gasteiger partial charge in [-0.3, -0.25) is 4.79 Å². The number of carbonyl (C=O) groups excluding carboxylic acids is 1. The fourth-order valence-electron chi connectivity index (χ4n) is 3.53. The number of hydrogen-bond donors (Lipinski definition) is 1. The second-order valence-electron chi connectivity index (χ2n) is 5.97. The number of fused-ring (bicyclic) bond motifs is 3. The Labute approximate surface area is 131 Å². The molecule has 118 valence electrons. The molecule has 2 heterocycles. The Morgan fingerprint density at radius 3 is 2.95 bits per heavy atom. The molecule has 1 unspecified atom stereocenters. The van der Waals surface area contributed by atoms with Crippen LogP contribution < -0.4 is 0 Å². The van der Waals surface area contributed by atoms with Crippen molar-refractivity contribution in [3.05, 3.63) is 35.5 Å². The van der Waals surface area contributed by atoms with Gasteiger partial charge >= 0.3 is 5.97 Å². The molecule has 1 aromatic heterocycles. The van der Waals surface area contributed by atoms with E-state index in [0.717, 1.165) is 50.1 Å². The summed E-state index contributed by atoms with van der Waals surface area (Å²) < 4.78 is 5.06. The Morgan fingerprint density at radius 2 is 2.18 bits per heavy atom. The minimum absolute atomic E-state index is 0.127. The quantitative estimate of drug-likeness (QED) is 0.867. The lowest BCUT2D eigenvalue weighted by Gasteiger charge is -2.19. The van der Waals surface area contributed by atoms with E-state index >= 15 is 0 Å². The Kier molecular flexibility index (Phi) is 4.48. The zero-order valence-corrected chi connectivity index (χ0v) is 13.4. The molecule has 1 aliphatic rings. The number of benzene rings is 1. The predicted molar refractivity (Wildman–Crippen MR) is 88.1 cm³/mol. The SMILES string of the molecule is CCN1CCCC(C(=O)OC)c2[nH]c3ccccc3c2CC1. The maximum absolute atomic E-state index is 12.3. The normalized spacial score (nSPS) is 20.0. The van der Waals surface area contributed by atoms with Crippen molar-refractivity contribution in [1.29, 1.82) is 0 Å². The van der Waals surface area contributed by atoms with Gasteiger partial charge in [0.25, 0.3) is 0 Å². The number of carbonyl (C=O) groups is 1. The summed E-state index contributed by atoms with van der Waals surface area (Å²) in [5.74, 6) is -0.304. The summed E-state index contributed by atoms with van der Waals surface area (Å²) in [6.45, 7) is 5.35. The fourth-order valence-corrected chi connectivity index (χ4v) is 3.53. The number of likely N-dealkylation sites (N-methyl/N-ethyl adjacent to an activating group) is 1. The first kappa shape index (κ1) is 15.1. The molecule has 1 aliphatic heterocycles. The van der Waals surface area contributed by atoms with Crippen LogP contribution in [0.15, 0.2) is 24.3 Å². The summed E-state index contributed by atoms with van der Waals surface area (Å²) in [7, 11) is 1.48. The molecule has 22 heavy (non-hydrogen) atoms. The molecule has 1 aromatic carbocycles. The van der Waals surface area contributed by atoms with Crippen molar-refractivity contribution in [2.75, 3.05) is 26.7 Å². The van der Waals surface area contributed by atoms with Gasteiger partial charge < -0.3 is 14.6 Å². The highest BCUT2D eigenvalue weighted by Gasteiger charge is 2.28. The van der Waals surface area contributed by atoms with E-state index in [0.29, 0.717) is 0 Å². The van der Waals surface area contributed by atoms with Crippen molar-refractivity contribution in [3.8, 4) is 0 Å². The number of ether oxygens (including phenoxy) is 1. The minimum atomic E-state index is -0.177. The molecule has 0 bridgehead atoms. The van der Waals surface area contributed by atoms with Crippen LogP contribution in [0.4, 0.5) is 0 Å². The van der Waals surface area contributed by atoms with Gasteiger partial charge in [0.2, 0.25) is 0 Å². The monoisotopic (exact) mass is 300 g/mol. The van der Waals surface area contributed by atoms with Gasteiger partial charge in [-0.15, -0.1) is 0 Å². The van der Waals surface area contributed by atoms with E-state index in [2.05, 4.69) is 35.0 Å². The molecule has 0 amide bonds. The average molecular weight is 300 g/mol. The van der Waals surface area contributed by atoms with Gasteiger partial charge in [-0.25, -0.2) is 0 Å². The van der Waals surface area contributed by atoms with Crippen LogP contribution in [-0.4, -0.2) is 42.6 Å². The Morgan fingerprint density at radius 1 is 1.36 bits per heavy atom. The first-order valence-electron chi connectivity index (χ1n) is 8.14. The van der Waals surface area contributed by atoms with Crippen LogP contribution in [0.2, 0.25) is 0 Å². The minimum Gasteiger partial charge on any atom is -0.469 e. The van der Waals surface area contributed by atoms with Crippen molar-refractivity contribution in [3.63, 3.8) is 0 Å². The van der Waals surface area contributed by atoms with Crippen LogP contribution in [0.5, 0.6) is 0 Å². The largest absolute Gasteiger partial charge is 0.469 e. The number of hydrogen-bond acceptors (Lipinski definition) is 3. The molecule has 3 rings (SSSR count). The van der Waals surface area contributed by atoms with Crippen LogP contribution in [0.3, 0.4) is 0 Å². The topological polar surface area (TPSA) is 45.3 Å². The average Bonchev–Trinajstić information content (AvgIpc) is 2.94. The van der Waals surface area contributed by atoms with Crippen LogP contribution >= 0.6 is 0 Å². The predicted octanol–water partition coefficient (Wildman–Crippen LogP) is 3.08. The first-order valence-corrected chi connectivity index (χ1v) is 8.14. The molecule has 4 nitrogen and oxygen atoms in total. The van der Waals surface area contributed by atoms with Crippen molar-refractivity contribution >= 4 is 16.9 Å². The standard InChI is InChI=1S/C18H24N2O2/c1-3-20-11-6-8-15(18(21)22-2)17-14(10-12-20)13-7-4-5-9-16(13)19-17/h4-5,7,9,15,19H,3,6,8,10-12H2,1-2H3. The first-order chi connectivity index (χ1) is 10.7. The summed E-state index contributed by atoms with van der Waals surface area (Å²) in [6.07, 6.45) is 2.83. The zero-order valence-electron chi connectivity index (χ0n) is 13.4. The van der Waals surface area contributed by atoms with E-state index in [1.807, 2.05) is 6.07 Å². The number of aromatic nitrogens is 1. The zero-order chi connectivity index (χ0) is 15.5. The van der Waals surface area contributed by atoms with Gasteiger partial charge in [-0.1, -0.05) is 25.1 Å². The molecule has 0 fully saturated rings. The molecule has 2 aromatic rings. The van der Waals surface area contributed by atoms with Crippen molar-refractivity contribution in [2.45, 2.75) is 32.1 Å². The molecule has 1 N–H and O–H groups in total. The number of para-hydroxylation sites is 1. The maximum atomic E-state index is 12.3. The lowest BCUT2D eigenvalue weighted by Crippen LogP contribution is -2.26. The highest BCUT2D eigenvalue weighted by atomic mass is 16.5. The highest BCUT2D eigenvalue weighted by Crippen LogP contribution is 2.32. The van der Waals surface area contributed by atoms with E-state index in [1.54, 1.807) is 0 Å². The lowest BCUT2D eigenvalue weighted by molar-refractivity contribution is -0.142. The third kappa shape index (κ3) is 2.75. The molecule has 0 aliphatic carbocycles. The summed E-state index contributed by atoms with van der Waals surface area (Å²) >= 11 is 0. The maximum Gasteiger partial charge on any atom is 0.314 e. The Bertz CT molecular complexity index is 662. The fraction of sp³-hybridized carbons (Fsp3) is 0.500. The second-order valence-corrected chi connectivity index (χ2v) is 5.97. The Balaban J connectivity index is 2.08. The third-order valence-electron chi connectivity index (χ3n) is 4.77. The third-order valence-corrected chi connectivity index (χ3v) is 4.77. The lowest BCUT2D eigenvalue weighted by atomic mass is 9.95. The second kappa shape index (κ2) is 6.53. The summed E-state index contributed by atoms with van der Waals surface area (Å²) in [4.78, 5) is 18.2. The van der Waals surface area contributed by atoms with Gasteiger partial charge in [-0.05, 0) is 44.0 Å². The molecule has 0 saturated carbocycles. The number of esters is 1. The number of nitrogens with zero attached hydrogens (tertiary/aromatic N) is 1. The summed E-state index contributed by atoms with van der Waals surface area (Å²) in [5, 5.41) is 1.24. The highest BCUT2D eigenvalue weighted by molar-refractivity contribution is 5.88. The van der Waals surface area contributed by atoms with Crippen LogP contribution in [0.25, 0.3) is 10.9 Å². The number of nitrogens with one attached hydrogen (secondary N) is 1. The van der Waals surface area contributed by atoms with E-state index < -0.39 is 0 Å². The summed E-state index contributed by atoms with van der Waals surface area (Å²) in [6, 6.07) is 8.32. The van der Waals surface area contributed by atoms with Crippen molar-refractivity contribution in [2.24, 2.45) is 0 Å². The van der Waals surface area contributed by atoms with E-state index in [4.69, 9.17) is 4.74 Å². The van der Waals surface area contributed by atoms with Crippen molar-refractivity contribution in [1.82, 2.24) is 9.88 Å². The molecular weight excluding hydrogens is 276 g/mol. The van der Waals surface area contributed by atoms with Crippen LogP contribution in [-0.2, 0) is 16.0 Å². The molecule has 1 atom stereocenters. The number of rotatable bonds is 2. The van der Waals surface area contributed by atoms with E-state index in [9.17, 15) is 4.79 Å².